The van der Waals surface area contributed by atoms with E-state index in [-0.39, 0.29) is 40.0 Å². The van der Waals surface area contributed by atoms with Crippen LogP contribution in [0.2, 0.25) is 0 Å². The van der Waals surface area contributed by atoms with E-state index in [1.54, 1.807) is 0 Å². The highest BCUT2D eigenvalue weighted by Gasteiger charge is 2.49. The number of piperidine rings is 2. The number of hydrogen-bond donors (Lipinski definition) is 1. The summed E-state index contributed by atoms with van der Waals surface area (Å²) in [6, 6.07) is 0.593. The Labute approximate surface area is 279 Å². The molecule has 1 aromatic heterocycles. The Morgan fingerprint density at radius 2 is 1.20 bits per heavy atom. The number of nitrogens with zero attached hydrogens (tertiary/aromatic N) is 7. The van der Waals surface area contributed by atoms with Gasteiger partial charge in [-0.3, -0.25) is 9.59 Å². The number of likely N-dealkylation sites (tertiary alicyclic amines) is 2. The lowest BCUT2D eigenvalue weighted by molar-refractivity contribution is -0.147. The van der Waals surface area contributed by atoms with E-state index in [2.05, 4.69) is 95.7 Å². The van der Waals surface area contributed by atoms with Crippen molar-refractivity contribution in [1.29, 1.82) is 0 Å². The molecule has 2 aliphatic heterocycles. The van der Waals surface area contributed by atoms with Gasteiger partial charge in [-0.05, 0) is 127 Å². The van der Waals surface area contributed by atoms with E-state index in [0.717, 1.165) is 64.5 Å². The molecule has 2 aliphatic rings. The number of anilines is 2. The summed E-state index contributed by atoms with van der Waals surface area (Å²) in [5, 5.41) is 3.09. The van der Waals surface area contributed by atoms with E-state index in [0.29, 0.717) is 23.8 Å². The summed E-state index contributed by atoms with van der Waals surface area (Å²) in [6.07, 6.45) is 10.8. The van der Waals surface area contributed by atoms with Crippen LogP contribution < -0.4 is 10.2 Å². The smallest absolute Gasteiger partial charge is 0.246 e. The molecule has 2 amide bonds. The largest absolute Gasteiger partial charge is 0.357 e. The first kappa shape index (κ1) is 37.4. The van der Waals surface area contributed by atoms with Crippen LogP contribution in [0.5, 0.6) is 0 Å². The number of amides is 2. The van der Waals surface area contributed by atoms with Gasteiger partial charge in [-0.1, -0.05) is 26.0 Å². The third-order valence-corrected chi connectivity index (χ3v) is 10.1. The molecule has 0 saturated carbocycles. The van der Waals surface area contributed by atoms with Crippen LogP contribution in [0.25, 0.3) is 0 Å². The zero-order valence-electron chi connectivity index (χ0n) is 30.7. The summed E-state index contributed by atoms with van der Waals surface area (Å²) in [5.41, 5.74) is -1.16. The molecule has 0 bridgehead atoms. The Kier molecular flexibility index (Phi) is 11.7. The molecule has 2 fully saturated rings. The lowest BCUT2D eigenvalue weighted by atomic mass is 9.76. The third-order valence-electron chi connectivity index (χ3n) is 10.1. The van der Waals surface area contributed by atoms with Crippen molar-refractivity contribution in [3.05, 3.63) is 31.1 Å². The minimum atomic E-state index is -0.354. The SMILES string of the molecule is C=CC(=O)N1C(C)(C)CC(N(C)CCCCCCN(c2nc(C)nc(NC)n2)C2CC(C)(C)N(C(=O)C=C)C(C)(C)C2)CC1(C)C. The second-order valence-electron chi connectivity index (χ2n) is 16.0. The lowest BCUT2D eigenvalue weighted by Crippen LogP contribution is -2.66. The summed E-state index contributed by atoms with van der Waals surface area (Å²) in [7, 11) is 4.07. The molecule has 3 rings (SSSR count). The Balaban J connectivity index is 1.65. The number of nitrogens with one attached hydrogen (secondary N) is 1. The molecule has 2 saturated heterocycles. The number of aryl methyl sites for hydroxylation is 1. The lowest BCUT2D eigenvalue weighted by Gasteiger charge is -2.56. The predicted molar refractivity (Wildman–Crippen MR) is 189 cm³/mol. The van der Waals surface area contributed by atoms with Gasteiger partial charge in [0.05, 0.1) is 0 Å². The second-order valence-corrected chi connectivity index (χ2v) is 16.0. The fraction of sp³-hybridized carbons (Fsp3) is 0.750. The fourth-order valence-corrected chi connectivity index (χ4v) is 8.70. The highest BCUT2D eigenvalue weighted by atomic mass is 16.2. The summed E-state index contributed by atoms with van der Waals surface area (Å²) >= 11 is 0. The first-order valence-corrected chi connectivity index (χ1v) is 17.1. The molecule has 10 heteroatoms. The van der Waals surface area contributed by atoms with E-state index < -0.39 is 0 Å². The van der Waals surface area contributed by atoms with Crippen LogP contribution in [0.15, 0.2) is 25.3 Å². The van der Waals surface area contributed by atoms with Crippen molar-refractivity contribution in [3.63, 3.8) is 0 Å². The Morgan fingerprint density at radius 3 is 1.63 bits per heavy atom. The van der Waals surface area contributed by atoms with Gasteiger partial charge in [0.2, 0.25) is 23.7 Å². The normalized spacial score (nSPS) is 20.8. The molecule has 0 spiro atoms. The van der Waals surface area contributed by atoms with Crippen LogP contribution in [0.4, 0.5) is 11.9 Å². The van der Waals surface area contributed by atoms with Crippen LogP contribution in [-0.2, 0) is 9.59 Å². The van der Waals surface area contributed by atoms with Crippen LogP contribution in [0, 0.1) is 6.92 Å². The summed E-state index contributed by atoms with van der Waals surface area (Å²) in [6.45, 7) is 28.6. The van der Waals surface area contributed by atoms with Crippen molar-refractivity contribution in [2.45, 2.75) is 148 Å². The van der Waals surface area contributed by atoms with Crippen molar-refractivity contribution >= 4 is 23.7 Å². The molecule has 0 aliphatic carbocycles. The van der Waals surface area contributed by atoms with Crippen molar-refractivity contribution in [2.24, 2.45) is 0 Å². The van der Waals surface area contributed by atoms with Crippen molar-refractivity contribution in [3.8, 4) is 0 Å². The summed E-state index contributed by atoms with van der Waals surface area (Å²) in [5.74, 6) is 1.94. The molecule has 0 unspecified atom stereocenters. The number of carbonyl (C=O) groups is 2. The zero-order chi connectivity index (χ0) is 34.7. The Hall–Kier alpha value is -3.01. The van der Waals surface area contributed by atoms with Gasteiger partial charge in [-0.2, -0.15) is 15.0 Å². The van der Waals surface area contributed by atoms with Gasteiger partial charge in [0.25, 0.3) is 0 Å². The number of carbonyl (C=O) groups excluding carboxylic acids is 2. The Morgan fingerprint density at radius 1 is 0.761 bits per heavy atom. The van der Waals surface area contributed by atoms with Crippen LogP contribution in [-0.4, -0.2) is 103 Å². The molecule has 10 nitrogen and oxygen atoms in total. The quantitative estimate of drug-likeness (QED) is 0.208. The second kappa shape index (κ2) is 14.4. The van der Waals surface area contributed by atoms with Gasteiger partial charge in [0, 0.05) is 47.8 Å². The molecule has 0 aromatic carbocycles. The van der Waals surface area contributed by atoms with Crippen LogP contribution in [0.3, 0.4) is 0 Å². The maximum atomic E-state index is 12.9. The van der Waals surface area contributed by atoms with E-state index in [1.807, 2.05) is 23.8 Å². The predicted octanol–water partition coefficient (Wildman–Crippen LogP) is 5.99. The van der Waals surface area contributed by atoms with Gasteiger partial charge in [0.1, 0.15) is 5.82 Å². The Bertz CT molecular complexity index is 1220. The molecular formula is C36H62N8O2. The highest BCUT2D eigenvalue weighted by Crippen LogP contribution is 2.42. The monoisotopic (exact) mass is 638 g/mol. The summed E-state index contributed by atoms with van der Waals surface area (Å²) in [4.78, 5) is 48.6. The van der Waals surface area contributed by atoms with Crippen LogP contribution in [0.1, 0.15) is 113 Å². The number of hydrogen-bond acceptors (Lipinski definition) is 8. The highest BCUT2D eigenvalue weighted by molar-refractivity contribution is 5.89. The minimum absolute atomic E-state index is 0.0163. The van der Waals surface area contributed by atoms with Gasteiger partial charge < -0.3 is 24.9 Å². The zero-order valence-corrected chi connectivity index (χ0v) is 30.7. The minimum Gasteiger partial charge on any atom is -0.357 e. The fourth-order valence-electron chi connectivity index (χ4n) is 8.70. The number of unbranched alkanes of at least 4 members (excludes halogenated alkanes) is 3. The van der Waals surface area contributed by atoms with E-state index >= 15 is 0 Å². The van der Waals surface area contributed by atoms with Gasteiger partial charge >= 0.3 is 0 Å². The molecule has 46 heavy (non-hydrogen) atoms. The maximum Gasteiger partial charge on any atom is 0.246 e. The maximum absolute atomic E-state index is 12.9. The molecule has 0 radical (unpaired) electrons. The van der Waals surface area contributed by atoms with Gasteiger partial charge in [-0.25, -0.2) is 0 Å². The standard InChI is InChI=1S/C36H62N8O2/c1-14-29(45)43-33(4,5)22-27(23-34(43,6)7)41(13)20-18-16-17-19-21-42(32-39-26(3)38-31(37-12)40-32)28-24-35(8,9)44(30(46)15-2)36(10,11)25-28/h14-15,27-28H,1-2,16-25H2,3-13H3,(H,37,38,39,40). The van der Waals surface area contributed by atoms with Crippen molar-refractivity contribution < 1.29 is 9.59 Å². The molecule has 258 valence electrons. The molecule has 1 aromatic rings. The molecule has 1 N–H and O–H groups in total. The van der Waals surface area contributed by atoms with Crippen molar-refractivity contribution in [1.82, 2.24) is 29.7 Å². The topological polar surface area (TPSA) is 97.8 Å². The number of aromatic nitrogens is 3. The van der Waals surface area contributed by atoms with Crippen molar-refractivity contribution in [2.75, 3.05) is 37.4 Å². The average Bonchev–Trinajstić information content (AvgIpc) is 2.93. The first-order chi connectivity index (χ1) is 21.3. The molecular weight excluding hydrogens is 576 g/mol. The molecule has 0 atom stereocenters. The summed E-state index contributed by atoms with van der Waals surface area (Å²) < 4.78 is 0. The third kappa shape index (κ3) is 8.47. The first-order valence-electron chi connectivity index (χ1n) is 17.1. The van der Waals surface area contributed by atoms with E-state index in [4.69, 9.17) is 9.97 Å². The van der Waals surface area contributed by atoms with Gasteiger partial charge in [-0.15, -0.1) is 0 Å². The number of rotatable bonds is 13. The van der Waals surface area contributed by atoms with E-state index in [9.17, 15) is 9.59 Å². The molecule has 3 heterocycles. The van der Waals surface area contributed by atoms with Gasteiger partial charge in [0.15, 0.2) is 0 Å². The van der Waals surface area contributed by atoms with Crippen LogP contribution >= 0.6 is 0 Å². The van der Waals surface area contributed by atoms with E-state index in [1.165, 1.54) is 12.2 Å². The average molecular weight is 639 g/mol.